The Balaban J connectivity index is 1.91. The van der Waals surface area contributed by atoms with Gasteiger partial charge in [0.05, 0.1) is 11.6 Å². The van der Waals surface area contributed by atoms with E-state index < -0.39 is 17.9 Å². The summed E-state index contributed by atoms with van der Waals surface area (Å²) in [6.45, 7) is 3.48. The van der Waals surface area contributed by atoms with Crippen LogP contribution in [0.1, 0.15) is 37.4 Å². The highest BCUT2D eigenvalue weighted by Gasteiger charge is 2.23. The van der Waals surface area contributed by atoms with Gasteiger partial charge in [0.15, 0.2) is 6.61 Å². The first kappa shape index (κ1) is 22.4. The van der Waals surface area contributed by atoms with Crippen molar-refractivity contribution >= 4 is 17.7 Å². The van der Waals surface area contributed by atoms with Gasteiger partial charge < -0.3 is 10.1 Å². The highest BCUT2D eigenvalue weighted by atomic mass is 16.5. The second-order valence-corrected chi connectivity index (χ2v) is 6.97. The van der Waals surface area contributed by atoms with E-state index in [0.717, 1.165) is 0 Å². The van der Waals surface area contributed by atoms with Crippen LogP contribution in [0, 0.1) is 17.2 Å². The molecule has 3 N–H and O–H groups in total. The largest absolute Gasteiger partial charge is 0.484 e. The maximum Gasteiger partial charge on any atom is 0.276 e. The number of nitrogens with zero attached hydrogens (tertiary/aromatic N) is 1. The molecule has 0 fully saturated rings. The zero-order valence-corrected chi connectivity index (χ0v) is 16.8. The van der Waals surface area contributed by atoms with Crippen LogP contribution < -0.4 is 20.9 Å². The van der Waals surface area contributed by atoms with Gasteiger partial charge in [0.25, 0.3) is 11.8 Å². The highest BCUT2D eigenvalue weighted by molar-refractivity contribution is 5.90. The Kier molecular flexibility index (Phi) is 8.39. The molecule has 8 heteroatoms. The SMILES string of the molecule is CC(C)CC(=O)NC(C(=O)NNC(=O)COc1ccc(C#N)cc1)c1ccccc1. The number of amides is 3. The summed E-state index contributed by atoms with van der Waals surface area (Å²) in [5, 5.41) is 11.5. The van der Waals surface area contributed by atoms with Crippen molar-refractivity contribution in [3.05, 3.63) is 65.7 Å². The zero-order chi connectivity index (χ0) is 21.9. The summed E-state index contributed by atoms with van der Waals surface area (Å²) in [7, 11) is 0. The molecule has 0 radical (unpaired) electrons. The van der Waals surface area contributed by atoms with Gasteiger partial charge in [-0.05, 0) is 35.7 Å². The number of nitriles is 1. The molecule has 0 aliphatic rings. The van der Waals surface area contributed by atoms with Gasteiger partial charge in [0, 0.05) is 6.42 Å². The Labute approximate surface area is 175 Å². The third-order valence-corrected chi connectivity index (χ3v) is 3.97. The van der Waals surface area contributed by atoms with E-state index in [-0.39, 0.29) is 24.9 Å². The first-order chi connectivity index (χ1) is 14.4. The third-order valence-electron chi connectivity index (χ3n) is 3.97. The Bertz CT molecular complexity index is 905. The van der Waals surface area contributed by atoms with Gasteiger partial charge in [-0.1, -0.05) is 44.2 Å². The van der Waals surface area contributed by atoms with E-state index in [0.29, 0.717) is 16.9 Å². The highest BCUT2D eigenvalue weighted by Crippen LogP contribution is 2.14. The molecule has 156 valence electrons. The van der Waals surface area contributed by atoms with Gasteiger partial charge in [-0.15, -0.1) is 0 Å². The second-order valence-electron chi connectivity index (χ2n) is 6.97. The van der Waals surface area contributed by atoms with Crippen molar-refractivity contribution in [3.8, 4) is 11.8 Å². The number of benzene rings is 2. The number of carbonyl (C=O) groups is 3. The van der Waals surface area contributed by atoms with Crippen LogP contribution in [0.4, 0.5) is 0 Å². The van der Waals surface area contributed by atoms with E-state index in [9.17, 15) is 14.4 Å². The molecule has 30 heavy (non-hydrogen) atoms. The predicted octanol–water partition coefficient (Wildman–Crippen LogP) is 1.99. The summed E-state index contributed by atoms with van der Waals surface area (Å²) in [5.74, 6) is -0.857. The minimum absolute atomic E-state index is 0.142. The summed E-state index contributed by atoms with van der Waals surface area (Å²) in [6.07, 6.45) is 0.279. The lowest BCUT2D eigenvalue weighted by Crippen LogP contribution is -2.49. The fourth-order valence-electron chi connectivity index (χ4n) is 2.55. The number of hydrazine groups is 1. The van der Waals surface area contributed by atoms with Gasteiger partial charge >= 0.3 is 0 Å². The van der Waals surface area contributed by atoms with Crippen LogP contribution in [0.25, 0.3) is 0 Å². The lowest BCUT2D eigenvalue weighted by molar-refractivity contribution is -0.133. The van der Waals surface area contributed by atoms with Crippen LogP contribution in [0.3, 0.4) is 0 Å². The van der Waals surface area contributed by atoms with Crippen molar-refractivity contribution in [1.82, 2.24) is 16.2 Å². The minimum atomic E-state index is -0.947. The molecule has 0 aliphatic carbocycles. The van der Waals surface area contributed by atoms with Crippen molar-refractivity contribution in [2.24, 2.45) is 5.92 Å². The quantitative estimate of drug-likeness (QED) is 0.577. The van der Waals surface area contributed by atoms with Crippen LogP contribution in [-0.2, 0) is 14.4 Å². The molecular weight excluding hydrogens is 384 g/mol. The number of hydrogen-bond donors (Lipinski definition) is 3. The summed E-state index contributed by atoms with van der Waals surface area (Å²) < 4.78 is 5.31. The molecule has 0 heterocycles. The number of nitrogens with one attached hydrogen (secondary N) is 3. The molecule has 0 aliphatic heterocycles. The number of carbonyl (C=O) groups excluding carboxylic acids is 3. The Hall–Kier alpha value is -3.86. The molecular formula is C22H24N4O4. The third kappa shape index (κ3) is 7.28. The first-order valence-electron chi connectivity index (χ1n) is 9.45. The van der Waals surface area contributed by atoms with E-state index >= 15 is 0 Å². The Morgan fingerprint density at radius 1 is 0.967 bits per heavy atom. The fraction of sp³-hybridized carbons (Fsp3) is 0.273. The Morgan fingerprint density at radius 2 is 1.63 bits per heavy atom. The number of hydrogen-bond acceptors (Lipinski definition) is 5. The molecule has 0 spiro atoms. The van der Waals surface area contributed by atoms with E-state index in [1.165, 1.54) is 0 Å². The molecule has 0 saturated carbocycles. The number of ether oxygens (including phenoxy) is 1. The standard InChI is InChI=1S/C22H24N4O4/c1-15(2)12-19(27)24-21(17-6-4-3-5-7-17)22(29)26-25-20(28)14-30-18-10-8-16(13-23)9-11-18/h3-11,15,21H,12,14H2,1-2H3,(H,24,27)(H,25,28)(H,26,29). The molecule has 3 amide bonds. The average Bonchev–Trinajstić information content (AvgIpc) is 2.74. The topological polar surface area (TPSA) is 120 Å². The van der Waals surface area contributed by atoms with Crippen LogP contribution >= 0.6 is 0 Å². The van der Waals surface area contributed by atoms with Gasteiger partial charge in [0.1, 0.15) is 11.8 Å². The van der Waals surface area contributed by atoms with Gasteiger partial charge in [-0.3, -0.25) is 25.2 Å². The van der Waals surface area contributed by atoms with Gasteiger partial charge in [-0.25, -0.2) is 0 Å². The monoisotopic (exact) mass is 408 g/mol. The van der Waals surface area contributed by atoms with Crippen LogP contribution in [0.15, 0.2) is 54.6 Å². The first-order valence-corrected chi connectivity index (χ1v) is 9.45. The molecule has 0 saturated heterocycles. The van der Waals surface area contributed by atoms with Crippen molar-refractivity contribution < 1.29 is 19.1 Å². The summed E-state index contributed by atoms with van der Waals surface area (Å²) in [4.78, 5) is 36.7. The van der Waals surface area contributed by atoms with E-state index in [4.69, 9.17) is 10.00 Å². The van der Waals surface area contributed by atoms with Crippen LogP contribution in [-0.4, -0.2) is 24.3 Å². The van der Waals surface area contributed by atoms with Crippen LogP contribution in [0.2, 0.25) is 0 Å². The van der Waals surface area contributed by atoms with E-state index in [1.807, 2.05) is 19.9 Å². The normalized spacial score (nSPS) is 11.1. The smallest absolute Gasteiger partial charge is 0.276 e. The lowest BCUT2D eigenvalue weighted by Gasteiger charge is -2.19. The molecule has 8 nitrogen and oxygen atoms in total. The lowest BCUT2D eigenvalue weighted by atomic mass is 10.0. The zero-order valence-electron chi connectivity index (χ0n) is 16.8. The molecule has 2 rings (SSSR count). The van der Waals surface area contributed by atoms with Crippen molar-refractivity contribution in [2.75, 3.05) is 6.61 Å². The van der Waals surface area contributed by atoms with Crippen molar-refractivity contribution in [2.45, 2.75) is 26.3 Å². The Morgan fingerprint density at radius 3 is 2.23 bits per heavy atom. The molecule has 1 unspecified atom stereocenters. The number of rotatable bonds is 8. The van der Waals surface area contributed by atoms with Crippen molar-refractivity contribution in [1.29, 1.82) is 5.26 Å². The van der Waals surface area contributed by atoms with Crippen LogP contribution in [0.5, 0.6) is 5.75 Å². The van der Waals surface area contributed by atoms with Gasteiger partial charge in [0.2, 0.25) is 5.91 Å². The average molecular weight is 408 g/mol. The summed E-state index contributed by atoms with van der Waals surface area (Å²) >= 11 is 0. The van der Waals surface area contributed by atoms with Gasteiger partial charge in [-0.2, -0.15) is 5.26 Å². The maximum absolute atomic E-state index is 12.6. The minimum Gasteiger partial charge on any atom is -0.484 e. The van der Waals surface area contributed by atoms with E-state index in [2.05, 4.69) is 16.2 Å². The molecule has 0 aromatic heterocycles. The van der Waals surface area contributed by atoms with E-state index in [1.54, 1.807) is 54.6 Å². The molecule has 1 atom stereocenters. The predicted molar refractivity (Wildman–Crippen MR) is 110 cm³/mol. The fourth-order valence-corrected chi connectivity index (χ4v) is 2.55. The second kappa shape index (κ2) is 11.2. The van der Waals surface area contributed by atoms with Crippen molar-refractivity contribution in [3.63, 3.8) is 0 Å². The summed E-state index contributed by atoms with van der Waals surface area (Å²) in [6, 6.07) is 16.1. The molecule has 2 aromatic rings. The maximum atomic E-state index is 12.6. The molecule has 2 aromatic carbocycles. The summed E-state index contributed by atoms with van der Waals surface area (Å²) in [5.41, 5.74) is 5.66. The molecule has 0 bridgehead atoms.